The van der Waals surface area contributed by atoms with E-state index in [9.17, 15) is 14.4 Å². The van der Waals surface area contributed by atoms with Crippen molar-refractivity contribution in [1.29, 1.82) is 0 Å². The molecule has 2 aromatic carbocycles. The molecule has 31 heavy (non-hydrogen) atoms. The molecule has 1 spiro atoms. The van der Waals surface area contributed by atoms with Crippen LogP contribution >= 0.6 is 0 Å². The predicted molar refractivity (Wildman–Crippen MR) is 118 cm³/mol. The molecule has 4 rings (SSSR count). The maximum absolute atomic E-state index is 13.3. The van der Waals surface area contributed by atoms with Crippen LogP contribution in [0.3, 0.4) is 0 Å². The van der Waals surface area contributed by atoms with Gasteiger partial charge in [-0.15, -0.1) is 0 Å². The van der Waals surface area contributed by atoms with E-state index >= 15 is 0 Å². The number of hydrogen-bond donors (Lipinski definition) is 1. The zero-order chi connectivity index (χ0) is 21.8. The summed E-state index contributed by atoms with van der Waals surface area (Å²) in [6.45, 7) is 2.77. The SMILES string of the molecule is CC1CCC2(CC1)NC(=O)N(CC(=O)N(Cc1ccccc1)Cc1ccccc1)C2=O. The first-order valence-corrected chi connectivity index (χ1v) is 11.0. The van der Waals surface area contributed by atoms with Crippen molar-refractivity contribution in [2.75, 3.05) is 6.54 Å². The van der Waals surface area contributed by atoms with Crippen LogP contribution in [-0.4, -0.2) is 39.7 Å². The fraction of sp³-hybridized carbons (Fsp3) is 0.400. The van der Waals surface area contributed by atoms with E-state index in [2.05, 4.69) is 12.2 Å². The monoisotopic (exact) mass is 419 g/mol. The summed E-state index contributed by atoms with van der Waals surface area (Å²) in [4.78, 5) is 41.9. The van der Waals surface area contributed by atoms with E-state index in [1.54, 1.807) is 4.90 Å². The van der Waals surface area contributed by atoms with E-state index < -0.39 is 11.6 Å². The first-order chi connectivity index (χ1) is 15.0. The molecule has 0 aromatic heterocycles. The van der Waals surface area contributed by atoms with E-state index in [0.29, 0.717) is 31.8 Å². The Morgan fingerprint density at radius 2 is 1.48 bits per heavy atom. The number of benzene rings is 2. The molecule has 4 amide bonds. The summed E-state index contributed by atoms with van der Waals surface area (Å²) in [6, 6.07) is 19.0. The van der Waals surface area contributed by atoms with Gasteiger partial charge in [0.25, 0.3) is 5.91 Å². The van der Waals surface area contributed by atoms with Gasteiger partial charge in [0, 0.05) is 13.1 Å². The highest BCUT2D eigenvalue weighted by atomic mass is 16.2. The number of nitrogens with one attached hydrogen (secondary N) is 1. The largest absolute Gasteiger partial charge is 0.332 e. The Labute approximate surface area is 183 Å². The van der Waals surface area contributed by atoms with Gasteiger partial charge in [-0.3, -0.25) is 14.5 Å². The number of amides is 4. The fourth-order valence-corrected chi connectivity index (χ4v) is 4.49. The summed E-state index contributed by atoms with van der Waals surface area (Å²) in [5, 5.41) is 2.90. The molecule has 0 bridgehead atoms. The minimum Gasteiger partial charge on any atom is -0.332 e. The van der Waals surface area contributed by atoms with Gasteiger partial charge in [0.1, 0.15) is 12.1 Å². The van der Waals surface area contributed by atoms with Crippen molar-refractivity contribution in [3.8, 4) is 0 Å². The summed E-state index contributed by atoms with van der Waals surface area (Å²) < 4.78 is 0. The Morgan fingerprint density at radius 1 is 0.968 bits per heavy atom. The van der Waals surface area contributed by atoms with Crippen molar-refractivity contribution in [3.05, 3.63) is 71.8 Å². The van der Waals surface area contributed by atoms with Gasteiger partial charge in [0.15, 0.2) is 0 Å². The lowest BCUT2D eigenvalue weighted by molar-refractivity contribution is -0.140. The summed E-state index contributed by atoms with van der Waals surface area (Å²) in [6.07, 6.45) is 3.09. The fourth-order valence-electron chi connectivity index (χ4n) is 4.49. The summed E-state index contributed by atoms with van der Waals surface area (Å²) in [7, 11) is 0. The maximum atomic E-state index is 13.3. The van der Waals surface area contributed by atoms with Crippen LogP contribution < -0.4 is 5.32 Å². The van der Waals surface area contributed by atoms with Crippen LogP contribution in [-0.2, 0) is 22.7 Å². The maximum Gasteiger partial charge on any atom is 0.325 e. The molecule has 2 aromatic rings. The van der Waals surface area contributed by atoms with Gasteiger partial charge >= 0.3 is 6.03 Å². The number of hydrogen-bond acceptors (Lipinski definition) is 3. The summed E-state index contributed by atoms with van der Waals surface area (Å²) in [5.74, 6) is 0.0628. The highest BCUT2D eigenvalue weighted by Crippen LogP contribution is 2.36. The number of urea groups is 1. The Kier molecular flexibility index (Phi) is 6.07. The molecule has 1 aliphatic heterocycles. The van der Waals surface area contributed by atoms with Crippen LogP contribution in [0, 0.1) is 5.92 Å². The molecule has 162 valence electrons. The predicted octanol–water partition coefficient (Wildman–Crippen LogP) is 3.72. The average Bonchev–Trinajstić information content (AvgIpc) is 3.01. The second-order valence-electron chi connectivity index (χ2n) is 8.81. The van der Waals surface area contributed by atoms with E-state index in [1.807, 2.05) is 60.7 Å². The quantitative estimate of drug-likeness (QED) is 0.726. The third-order valence-corrected chi connectivity index (χ3v) is 6.45. The Bertz CT molecular complexity index is 895. The molecule has 1 aliphatic carbocycles. The zero-order valence-electron chi connectivity index (χ0n) is 17.9. The molecule has 1 N–H and O–H groups in total. The molecular formula is C25H29N3O3. The minimum atomic E-state index is -0.826. The first-order valence-electron chi connectivity index (χ1n) is 11.0. The van der Waals surface area contributed by atoms with Crippen LogP contribution in [0.25, 0.3) is 0 Å². The molecule has 2 fully saturated rings. The van der Waals surface area contributed by atoms with E-state index in [1.165, 1.54) is 0 Å². The first kappa shape index (κ1) is 21.1. The van der Waals surface area contributed by atoms with Crippen molar-refractivity contribution in [1.82, 2.24) is 15.1 Å². The standard InChI is InChI=1S/C25H29N3O3/c1-19-12-14-25(15-13-19)23(30)28(24(31)26-25)18-22(29)27(16-20-8-4-2-5-9-20)17-21-10-6-3-7-11-21/h2-11,19H,12-18H2,1H3,(H,26,31). The highest BCUT2D eigenvalue weighted by molar-refractivity contribution is 6.09. The zero-order valence-corrected chi connectivity index (χ0v) is 17.9. The van der Waals surface area contributed by atoms with Gasteiger partial charge in [-0.1, -0.05) is 67.6 Å². The van der Waals surface area contributed by atoms with E-state index in [-0.39, 0.29) is 18.4 Å². The second-order valence-corrected chi connectivity index (χ2v) is 8.81. The second kappa shape index (κ2) is 8.92. The van der Waals surface area contributed by atoms with Crippen molar-refractivity contribution >= 4 is 17.8 Å². The molecule has 1 saturated heterocycles. The third-order valence-electron chi connectivity index (χ3n) is 6.45. The lowest BCUT2D eigenvalue weighted by Crippen LogP contribution is -2.50. The van der Waals surface area contributed by atoms with Crippen molar-refractivity contribution in [2.24, 2.45) is 5.92 Å². The number of carbonyl (C=O) groups excluding carboxylic acids is 3. The van der Waals surface area contributed by atoms with Gasteiger partial charge in [0.05, 0.1) is 0 Å². The van der Waals surface area contributed by atoms with E-state index in [4.69, 9.17) is 0 Å². The van der Waals surface area contributed by atoms with Crippen molar-refractivity contribution in [2.45, 2.75) is 51.2 Å². The molecule has 6 nitrogen and oxygen atoms in total. The van der Waals surface area contributed by atoms with Gasteiger partial charge in [-0.2, -0.15) is 0 Å². The van der Waals surface area contributed by atoms with Gasteiger partial charge in [0.2, 0.25) is 5.91 Å². The van der Waals surface area contributed by atoms with Crippen LogP contribution in [0.1, 0.15) is 43.7 Å². The van der Waals surface area contributed by atoms with Crippen LogP contribution in [0.2, 0.25) is 0 Å². The lowest BCUT2D eigenvalue weighted by atomic mass is 9.77. The van der Waals surface area contributed by atoms with Crippen LogP contribution in [0.4, 0.5) is 4.79 Å². The summed E-state index contributed by atoms with van der Waals surface area (Å²) >= 11 is 0. The summed E-state index contributed by atoms with van der Waals surface area (Å²) in [5.41, 5.74) is 1.18. The molecule has 0 radical (unpaired) electrons. The molecular weight excluding hydrogens is 390 g/mol. The number of imide groups is 1. The van der Waals surface area contributed by atoms with Crippen molar-refractivity contribution < 1.29 is 14.4 Å². The van der Waals surface area contributed by atoms with Crippen molar-refractivity contribution in [3.63, 3.8) is 0 Å². The molecule has 1 heterocycles. The number of carbonyl (C=O) groups is 3. The van der Waals surface area contributed by atoms with E-state index in [0.717, 1.165) is 28.9 Å². The van der Waals surface area contributed by atoms with Crippen LogP contribution in [0.15, 0.2) is 60.7 Å². The van der Waals surface area contributed by atoms with Gasteiger partial charge < -0.3 is 10.2 Å². The minimum absolute atomic E-state index is 0.234. The Morgan fingerprint density at radius 3 is 2.00 bits per heavy atom. The van der Waals surface area contributed by atoms with Crippen LogP contribution in [0.5, 0.6) is 0 Å². The molecule has 6 heteroatoms. The average molecular weight is 420 g/mol. The topological polar surface area (TPSA) is 69.7 Å². The Balaban J connectivity index is 1.50. The molecule has 2 aliphatic rings. The highest BCUT2D eigenvalue weighted by Gasteiger charge is 2.52. The molecule has 0 atom stereocenters. The Hall–Kier alpha value is -3.15. The third kappa shape index (κ3) is 4.63. The molecule has 0 unspecified atom stereocenters. The lowest BCUT2D eigenvalue weighted by Gasteiger charge is -2.33. The number of rotatable bonds is 6. The normalized spacial score (nSPS) is 23.1. The smallest absolute Gasteiger partial charge is 0.325 e. The van der Waals surface area contributed by atoms with Gasteiger partial charge in [-0.25, -0.2) is 4.79 Å². The number of nitrogens with zero attached hydrogens (tertiary/aromatic N) is 2. The molecule has 1 saturated carbocycles. The van der Waals surface area contributed by atoms with Gasteiger partial charge in [-0.05, 0) is 42.7 Å².